The predicted molar refractivity (Wildman–Crippen MR) is 47.7 cm³/mol. The molecule has 0 saturated carbocycles. The molecule has 12 heavy (non-hydrogen) atoms. The Morgan fingerprint density at radius 1 is 1.58 bits per heavy atom. The van der Waals surface area contributed by atoms with Crippen molar-refractivity contribution in [2.24, 2.45) is 0 Å². The fraction of sp³-hybridized carbons (Fsp3) is 0.111. The van der Waals surface area contributed by atoms with E-state index in [1.807, 2.05) is 0 Å². The zero-order chi connectivity index (χ0) is 9.14. The molecule has 0 amide bonds. The van der Waals surface area contributed by atoms with Crippen LogP contribution < -0.4 is 5.32 Å². The topological polar surface area (TPSA) is 32.3 Å². The molecule has 2 N–H and O–H groups in total. The highest BCUT2D eigenvalue weighted by atomic mass is 19.1. The maximum Gasteiger partial charge on any atom is 0.174 e. The molecule has 0 aliphatic heterocycles. The van der Waals surface area contributed by atoms with E-state index in [1.165, 1.54) is 12.1 Å². The summed E-state index contributed by atoms with van der Waals surface area (Å²) in [5, 5.41) is 11.8. The van der Waals surface area contributed by atoms with Crippen LogP contribution in [0.25, 0.3) is 6.08 Å². The number of rotatable bonds is 2. The Morgan fingerprint density at radius 2 is 2.25 bits per heavy atom. The van der Waals surface area contributed by atoms with Crippen molar-refractivity contribution in [1.82, 2.24) is 0 Å². The molecule has 1 aromatic rings. The van der Waals surface area contributed by atoms with E-state index < -0.39 is 5.82 Å². The van der Waals surface area contributed by atoms with Crippen LogP contribution in [0.1, 0.15) is 5.56 Å². The van der Waals surface area contributed by atoms with E-state index in [1.54, 1.807) is 13.1 Å². The normalized spacial score (nSPS) is 9.50. The van der Waals surface area contributed by atoms with Gasteiger partial charge in [-0.25, -0.2) is 4.39 Å². The molecule has 0 heterocycles. The molecule has 3 heteroatoms. The molecular weight excluding hydrogens is 157 g/mol. The lowest BCUT2D eigenvalue weighted by Gasteiger charge is -2.06. The lowest BCUT2D eigenvalue weighted by atomic mass is 10.1. The van der Waals surface area contributed by atoms with Crippen molar-refractivity contribution >= 4 is 11.8 Å². The van der Waals surface area contributed by atoms with E-state index in [-0.39, 0.29) is 11.3 Å². The van der Waals surface area contributed by atoms with Crippen molar-refractivity contribution in [2.45, 2.75) is 0 Å². The Kier molecular flexibility index (Phi) is 2.33. The third-order valence-corrected chi connectivity index (χ3v) is 1.63. The van der Waals surface area contributed by atoms with Crippen molar-refractivity contribution in [1.29, 1.82) is 0 Å². The van der Waals surface area contributed by atoms with Gasteiger partial charge in [0.05, 0.1) is 0 Å². The molecule has 0 aromatic heterocycles. The number of phenolic OH excluding ortho intramolecular Hbond substituents is 1. The second kappa shape index (κ2) is 3.26. The van der Waals surface area contributed by atoms with E-state index in [4.69, 9.17) is 5.11 Å². The van der Waals surface area contributed by atoms with Gasteiger partial charge in [0.1, 0.15) is 0 Å². The first-order chi connectivity index (χ1) is 5.70. The second-order valence-electron chi connectivity index (χ2n) is 2.31. The Bertz CT molecular complexity index is 310. The molecule has 0 bridgehead atoms. The van der Waals surface area contributed by atoms with Crippen LogP contribution in [0.4, 0.5) is 10.1 Å². The Labute approximate surface area is 70.3 Å². The minimum Gasteiger partial charge on any atom is -0.505 e. The number of hydrogen-bond donors (Lipinski definition) is 2. The minimum atomic E-state index is -0.642. The van der Waals surface area contributed by atoms with Gasteiger partial charge in [0.2, 0.25) is 0 Å². The van der Waals surface area contributed by atoms with Crippen LogP contribution in [0.3, 0.4) is 0 Å². The van der Waals surface area contributed by atoms with Gasteiger partial charge in [0, 0.05) is 18.3 Å². The largest absolute Gasteiger partial charge is 0.505 e. The minimum absolute atomic E-state index is 0.289. The van der Waals surface area contributed by atoms with Gasteiger partial charge in [0.15, 0.2) is 11.6 Å². The number of halogens is 1. The van der Waals surface area contributed by atoms with Gasteiger partial charge in [-0.1, -0.05) is 12.7 Å². The van der Waals surface area contributed by atoms with Gasteiger partial charge in [0.25, 0.3) is 0 Å². The van der Waals surface area contributed by atoms with Crippen molar-refractivity contribution in [3.63, 3.8) is 0 Å². The van der Waals surface area contributed by atoms with E-state index in [9.17, 15) is 4.39 Å². The van der Waals surface area contributed by atoms with Gasteiger partial charge in [-0.3, -0.25) is 0 Å². The standard InChI is InChI=1S/C9H10FNO/c1-3-6-7(11-2)4-5-8(12)9(6)10/h3-5,11-12H,1H2,2H3. The highest BCUT2D eigenvalue weighted by Gasteiger charge is 2.08. The second-order valence-corrected chi connectivity index (χ2v) is 2.31. The smallest absolute Gasteiger partial charge is 0.174 e. The Balaban J connectivity index is 3.35. The summed E-state index contributed by atoms with van der Waals surface area (Å²) in [5.74, 6) is -0.999. The van der Waals surface area contributed by atoms with Crippen LogP contribution >= 0.6 is 0 Å². The highest BCUT2D eigenvalue weighted by molar-refractivity contribution is 5.67. The fourth-order valence-electron chi connectivity index (χ4n) is 0.999. The van der Waals surface area contributed by atoms with Crippen molar-refractivity contribution < 1.29 is 9.50 Å². The zero-order valence-corrected chi connectivity index (χ0v) is 6.76. The molecule has 1 aromatic carbocycles. The average Bonchev–Trinajstić information content (AvgIpc) is 2.09. The van der Waals surface area contributed by atoms with E-state index in [0.717, 1.165) is 0 Å². The summed E-state index contributed by atoms with van der Waals surface area (Å²) < 4.78 is 13.1. The first kappa shape index (κ1) is 8.59. The zero-order valence-electron chi connectivity index (χ0n) is 6.76. The summed E-state index contributed by atoms with van der Waals surface area (Å²) >= 11 is 0. The lowest BCUT2D eigenvalue weighted by Crippen LogP contribution is -1.94. The molecule has 2 nitrogen and oxygen atoms in total. The van der Waals surface area contributed by atoms with E-state index in [2.05, 4.69) is 11.9 Å². The van der Waals surface area contributed by atoms with Gasteiger partial charge in [-0.05, 0) is 12.1 Å². The molecule has 0 unspecified atom stereocenters. The van der Waals surface area contributed by atoms with Crippen LogP contribution in [-0.4, -0.2) is 12.2 Å². The van der Waals surface area contributed by atoms with Crippen molar-refractivity contribution in [2.75, 3.05) is 12.4 Å². The van der Waals surface area contributed by atoms with Crippen molar-refractivity contribution in [3.05, 3.63) is 30.1 Å². The van der Waals surface area contributed by atoms with Crippen LogP contribution in [0, 0.1) is 5.82 Å². The molecule has 64 valence electrons. The number of nitrogens with one attached hydrogen (secondary N) is 1. The number of benzene rings is 1. The number of phenols is 1. The van der Waals surface area contributed by atoms with Gasteiger partial charge in [-0.2, -0.15) is 0 Å². The fourth-order valence-corrected chi connectivity index (χ4v) is 0.999. The molecule has 0 aliphatic rings. The number of aromatic hydroxyl groups is 1. The molecule has 0 saturated heterocycles. The van der Waals surface area contributed by atoms with E-state index in [0.29, 0.717) is 5.69 Å². The maximum atomic E-state index is 13.1. The summed E-state index contributed by atoms with van der Waals surface area (Å²) in [4.78, 5) is 0. The SMILES string of the molecule is C=Cc1c(NC)ccc(O)c1F. The molecule has 0 aliphatic carbocycles. The Hall–Kier alpha value is -1.51. The molecule has 0 fully saturated rings. The average molecular weight is 167 g/mol. The summed E-state index contributed by atoms with van der Waals surface area (Å²) in [6.07, 6.45) is 1.36. The van der Waals surface area contributed by atoms with E-state index >= 15 is 0 Å². The number of hydrogen-bond acceptors (Lipinski definition) is 2. The highest BCUT2D eigenvalue weighted by Crippen LogP contribution is 2.26. The first-order valence-corrected chi connectivity index (χ1v) is 3.52. The van der Waals surface area contributed by atoms with Crippen LogP contribution in [0.2, 0.25) is 0 Å². The quantitative estimate of drug-likeness (QED) is 0.662. The van der Waals surface area contributed by atoms with Crippen LogP contribution in [0.15, 0.2) is 18.7 Å². The van der Waals surface area contributed by atoms with Crippen LogP contribution in [-0.2, 0) is 0 Å². The van der Waals surface area contributed by atoms with Gasteiger partial charge in [-0.15, -0.1) is 0 Å². The number of anilines is 1. The van der Waals surface area contributed by atoms with Gasteiger partial charge < -0.3 is 10.4 Å². The Morgan fingerprint density at radius 3 is 2.75 bits per heavy atom. The summed E-state index contributed by atoms with van der Waals surface area (Å²) in [6, 6.07) is 2.89. The summed E-state index contributed by atoms with van der Waals surface area (Å²) in [6.45, 7) is 3.45. The maximum absolute atomic E-state index is 13.1. The molecule has 1 rings (SSSR count). The molecule has 0 spiro atoms. The van der Waals surface area contributed by atoms with Crippen LogP contribution in [0.5, 0.6) is 5.75 Å². The van der Waals surface area contributed by atoms with Gasteiger partial charge >= 0.3 is 0 Å². The summed E-state index contributed by atoms with van der Waals surface area (Å²) in [5.41, 5.74) is 0.901. The third-order valence-electron chi connectivity index (χ3n) is 1.63. The molecular formula is C9H10FNO. The van der Waals surface area contributed by atoms with Crippen molar-refractivity contribution in [3.8, 4) is 5.75 Å². The third kappa shape index (κ3) is 1.25. The first-order valence-electron chi connectivity index (χ1n) is 3.52. The molecule has 0 atom stereocenters. The summed E-state index contributed by atoms with van der Waals surface area (Å²) in [7, 11) is 1.68. The molecule has 0 radical (unpaired) electrons. The predicted octanol–water partition coefficient (Wildman–Crippen LogP) is 2.22. The monoisotopic (exact) mass is 167 g/mol. The lowest BCUT2D eigenvalue weighted by molar-refractivity contribution is 0.432.